The SMILES string of the molecule is C=CCC[C@@H](OC[C@@H](C)NC(=O)OC(C)(C)C)[C@H](C(=O)O)C(CC=C)C[C@@H](C)NC(=O)OC(C)(C)C. The molecule has 0 heterocycles. The van der Waals surface area contributed by atoms with Crippen molar-refractivity contribution in [1.29, 1.82) is 0 Å². The highest BCUT2D eigenvalue weighted by atomic mass is 16.6. The van der Waals surface area contributed by atoms with Crippen LogP contribution in [0, 0.1) is 11.8 Å². The van der Waals surface area contributed by atoms with Gasteiger partial charge in [-0.25, -0.2) is 9.59 Å². The molecule has 36 heavy (non-hydrogen) atoms. The number of rotatable bonds is 15. The van der Waals surface area contributed by atoms with Crippen molar-refractivity contribution in [1.82, 2.24) is 10.6 Å². The van der Waals surface area contributed by atoms with Crippen molar-refractivity contribution in [3.63, 3.8) is 0 Å². The number of allylic oxidation sites excluding steroid dienone is 2. The molecule has 0 fully saturated rings. The minimum Gasteiger partial charge on any atom is -0.481 e. The Kier molecular flexibility index (Phi) is 14.4. The van der Waals surface area contributed by atoms with E-state index in [2.05, 4.69) is 23.8 Å². The fraction of sp³-hybridized carbons (Fsp3) is 0.741. The van der Waals surface area contributed by atoms with Gasteiger partial charge in [-0.1, -0.05) is 12.2 Å². The lowest BCUT2D eigenvalue weighted by molar-refractivity contribution is -0.151. The summed E-state index contributed by atoms with van der Waals surface area (Å²) in [4.78, 5) is 36.7. The number of carbonyl (C=O) groups excluding carboxylic acids is 2. The number of aliphatic carboxylic acids is 1. The molecule has 0 radical (unpaired) electrons. The highest BCUT2D eigenvalue weighted by Gasteiger charge is 2.37. The van der Waals surface area contributed by atoms with E-state index < -0.39 is 47.4 Å². The van der Waals surface area contributed by atoms with Gasteiger partial charge in [-0.05, 0) is 87.0 Å². The fourth-order valence-electron chi connectivity index (χ4n) is 3.76. The Hall–Kier alpha value is -2.55. The molecule has 5 atom stereocenters. The summed E-state index contributed by atoms with van der Waals surface area (Å²) >= 11 is 0. The Morgan fingerprint density at radius 2 is 1.39 bits per heavy atom. The average molecular weight is 513 g/mol. The van der Waals surface area contributed by atoms with Crippen LogP contribution in [0.25, 0.3) is 0 Å². The summed E-state index contributed by atoms with van der Waals surface area (Å²) in [6.07, 6.45) is 3.46. The van der Waals surface area contributed by atoms with Crippen LogP contribution < -0.4 is 10.6 Å². The van der Waals surface area contributed by atoms with Crippen molar-refractivity contribution >= 4 is 18.2 Å². The maximum atomic E-state index is 12.4. The molecule has 0 spiro atoms. The van der Waals surface area contributed by atoms with E-state index in [1.54, 1.807) is 60.6 Å². The molecule has 0 aromatic rings. The summed E-state index contributed by atoms with van der Waals surface area (Å²) in [5, 5.41) is 15.7. The number of ether oxygens (including phenoxy) is 3. The standard InChI is InChI=1S/C27H48N2O7/c1-11-13-15-21(34-17-19(4)29-25(33)36-27(8,9)10)22(23(30)31)20(14-12-2)16-18(3)28-24(32)35-26(5,6)7/h11-12,18-22H,1-2,13-17H2,3-10H3,(H,28,32)(H,29,33)(H,30,31)/t18-,19-,20?,21-,22-/m1/s1. The zero-order valence-electron chi connectivity index (χ0n) is 23.4. The first-order chi connectivity index (χ1) is 16.5. The zero-order valence-corrected chi connectivity index (χ0v) is 23.4. The molecule has 0 saturated heterocycles. The largest absolute Gasteiger partial charge is 0.481 e. The molecule has 0 aromatic heterocycles. The third-order valence-electron chi connectivity index (χ3n) is 5.06. The van der Waals surface area contributed by atoms with Crippen LogP contribution in [0.3, 0.4) is 0 Å². The van der Waals surface area contributed by atoms with Gasteiger partial charge in [-0.3, -0.25) is 4.79 Å². The number of hydrogen-bond donors (Lipinski definition) is 3. The smallest absolute Gasteiger partial charge is 0.407 e. The Labute approximate surface area is 217 Å². The molecule has 0 aliphatic heterocycles. The van der Waals surface area contributed by atoms with Crippen LogP contribution in [0.15, 0.2) is 25.3 Å². The zero-order chi connectivity index (χ0) is 28.1. The van der Waals surface area contributed by atoms with Crippen molar-refractivity contribution in [2.24, 2.45) is 11.8 Å². The Bertz CT molecular complexity index is 725. The second-order valence-corrected chi connectivity index (χ2v) is 11.2. The Morgan fingerprint density at radius 3 is 1.81 bits per heavy atom. The molecule has 0 aliphatic carbocycles. The second kappa shape index (κ2) is 15.5. The summed E-state index contributed by atoms with van der Waals surface area (Å²) in [5.41, 5.74) is -1.27. The van der Waals surface area contributed by atoms with Crippen molar-refractivity contribution in [3.8, 4) is 0 Å². The molecule has 0 aliphatic rings. The number of carboxylic acids is 1. The van der Waals surface area contributed by atoms with Gasteiger partial charge in [0.2, 0.25) is 0 Å². The average Bonchev–Trinajstić information content (AvgIpc) is 2.66. The van der Waals surface area contributed by atoms with Gasteiger partial charge in [0.1, 0.15) is 11.2 Å². The monoisotopic (exact) mass is 512 g/mol. The normalized spacial score (nSPS) is 16.0. The number of hydrogen-bond acceptors (Lipinski definition) is 6. The van der Waals surface area contributed by atoms with Gasteiger partial charge in [0.05, 0.1) is 24.7 Å². The lowest BCUT2D eigenvalue weighted by atomic mass is 9.79. The van der Waals surface area contributed by atoms with Crippen molar-refractivity contribution in [2.45, 2.75) is 110 Å². The first kappa shape index (κ1) is 33.4. The molecule has 0 aromatic carbocycles. The number of alkyl carbamates (subject to hydrolysis) is 2. The number of carboxylic acid groups (broad SMARTS) is 1. The van der Waals surface area contributed by atoms with Crippen LogP contribution in [-0.2, 0) is 19.0 Å². The molecule has 208 valence electrons. The molecule has 1 unspecified atom stereocenters. The van der Waals surface area contributed by atoms with Crippen LogP contribution in [0.4, 0.5) is 9.59 Å². The molecule has 9 heteroatoms. The van der Waals surface area contributed by atoms with E-state index in [1.165, 1.54) is 0 Å². The first-order valence-corrected chi connectivity index (χ1v) is 12.5. The van der Waals surface area contributed by atoms with E-state index in [4.69, 9.17) is 14.2 Å². The summed E-state index contributed by atoms with van der Waals surface area (Å²) < 4.78 is 16.7. The van der Waals surface area contributed by atoms with E-state index in [0.717, 1.165) is 0 Å². The Balaban J connectivity index is 5.48. The molecule has 3 N–H and O–H groups in total. The molecular weight excluding hydrogens is 464 g/mol. The first-order valence-electron chi connectivity index (χ1n) is 12.5. The van der Waals surface area contributed by atoms with Gasteiger partial charge in [-0.2, -0.15) is 0 Å². The minimum absolute atomic E-state index is 0.108. The molecule has 0 saturated carbocycles. The van der Waals surface area contributed by atoms with Crippen molar-refractivity contribution in [2.75, 3.05) is 6.61 Å². The third kappa shape index (κ3) is 15.4. The van der Waals surface area contributed by atoms with Crippen LogP contribution >= 0.6 is 0 Å². The van der Waals surface area contributed by atoms with Gasteiger partial charge in [0.15, 0.2) is 0 Å². The van der Waals surface area contributed by atoms with Gasteiger partial charge >= 0.3 is 18.2 Å². The van der Waals surface area contributed by atoms with Crippen molar-refractivity contribution < 1.29 is 33.7 Å². The highest BCUT2D eigenvalue weighted by molar-refractivity contribution is 5.71. The van der Waals surface area contributed by atoms with Crippen molar-refractivity contribution in [3.05, 3.63) is 25.3 Å². The molecule has 0 bridgehead atoms. The van der Waals surface area contributed by atoms with E-state index in [9.17, 15) is 19.5 Å². The van der Waals surface area contributed by atoms with E-state index in [1.807, 2.05) is 6.92 Å². The fourth-order valence-corrected chi connectivity index (χ4v) is 3.76. The topological polar surface area (TPSA) is 123 Å². The van der Waals surface area contributed by atoms with E-state index in [0.29, 0.717) is 25.7 Å². The second-order valence-electron chi connectivity index (χ2n) is 11.2. The minimum atomic E-state index is -0.992. The van der Waals surface area contributed by atoms with E-state index in [-0.39, 0.29) is 18.6 Å². The summed E-state index contributed by atoms with van der Waals surface area (Å²) in [6, 6.07) is -0.731. The quantitative estimate of drug-likeness (QED) is 0.249. The van der Waals surface area contributed by atoms with Gasteiger partial charge in [-0.15, -0.1) is 13.2 Å². The Morgan fingerprint density at radius 1 is 0.889 bits per heavy atom. The molecule has 0 rings (SSSR count). The molecule has 2 amide bonds. The van der Waals surface area contributed by atoms with Gasteiger partial charge < -0.3 is 30.0 Å². The lowest BCUT2D eigenvalue weighted by Gasteiger charge is -2.33. The summed E-state index contributed by atoms with van der Waals surface area (Å²) in [6.45, 7) is 21.9. The van der Waals surface area contributed by atoms with Crippen LogP contribution in [0.5, 0.6) is 0 Å². The predicted octanol–water partition coefficient (Wildman–Crippen LogP) is 5.45. The van der Waals surface area contributed by atoms with Crippen LogP contribution in [-0.4, -0.2) is 59.3 Å². The summed E-state index contributed by atoms with van der Waals surface area (Å²) in [5.74, 6) is -2.21. The number of carbonyl (C=O) groups is 3. The van der Waals surface area contributed by atoms with Crippen LogP contribution in [0.1, 0.15) is 81.1 Å². The number of amides is 2. The lowest BCUT2D eigenvalue weighted by Crippen LogP contribution is -2.44. The third-order valence-corrected chi connectivity index (χ3v) is 5.06. The molecular formula is C27H48N2O7. The maximum absolute atomic E-state index is 12.4. The van der Waals surface area contributed by atoms with Gasteiger partial charge in [0.25, 0.3) is 0 Å². The predicted molar refractivity (Wildman–Crippen MR) is 141 cm³/mol. The van der Waals surface area contributed by atoms with Crippen LogP contribution in [0.2, 0.25) is 0 Å². The number of nitrogens with one attached hydrogen (secondary N) is 2. The molecule has 9 nitrogen and oxygen atoms in total. The van der Waals surface area contributed by atoms with Gasteiger partial charge in [0, 0.05) is 6.04 Å². The van der Waals surface area contributed by atoms with E-state index >= 15 is 0 Å². The maximum Gasteiger partial charge on any atom is 0.407 e. The summed E-state index contributed by atoms with van der Waals surface area (Å²) in [7, 11) is 0. The highest BCUT2D eigenvalue weighted by Crippen LogP contribution is 2.30.